The number of carbonyl (C=O) groups is 1. The second-order valence-corrected chi connectivity index (χ2v) is 7.19. The van der Waals surface area contributed by atoms with E-state index in [0.717, 1.165) is 18.7 Å². The number of furan rings is 1. The molecule has 2 heterocycles. The van der Waals surface area contributed by atoms with Gasteiger partial charge in [-0.05, 0) is 51.0 Å². The van der Waals surface area contributed by atoms with Crippen LogP contribution in [-0.4, -0.2) is 24.7 Å². The smallest absolute Gasteiger partial charge is 0.315 e. The van der Waals surface area contributed by atoms with Crippen LogP contribution in [0.3, 0.4) is 0 Å². The first-order chi connectivity index (χ1) is 11.4. The highest BCUT2D eigenvalue weighted by molar-refractivity contribution is 5.74. The normalized spacial score (nSPS) is 15.0. The Morgan fingerprint density at radius 2 is 2.04 bits per heavy atom. The Hall–Kier alpha value is -2.43. The first-order valence-corrected chi connectivity index (χ1v) is 8.38. The Kier molecular flexibility index (Phi) is 4.51. The zero-order chi connectivity index (χ0) is 17.2. The highest BCUT2D eigenvalue weighted by Gasteiger charge is 2.29. The second-order valence-electron chi connectivity index (χ2n) is 7.19. The number of para-hydroxylation sites is 1. The van der Waals surface area contributed by atoms with Gasteiger partial charge in [-0.15, -0.1) is 0 Å². The summed E-state index contributed by atoms with van der Waals surface area (Å²) in [7, 11) is 0. The van der Waals surface area contributed by atoms with Gasteiger partial charge in [-0.3, -0.25) is 0 Å². The second kappa shape index (κ2) is 6.59. The number of amides is 2. The number of carbonyl (C=O) groups excluding carboxylic acids is 1. The van der Waals surface area contributed by atoms with Crippen molar-refractivity contribution in [3.63, 3.8) is 0 Å². The molecule has 0 saturated heterocycles. The van der Waals surface area contributed by atoms with Crippen molar-refractivity contribution < 1.29 is 9.21 Å². The first kappa shape index (κ1) is 16.4. The lowest BCUT2D eigenvalue weighted by molar-refractivity contribution is 0.231. The van der Waals surface area contributed by atoms with Crippen molar-refractivity contribution in [1.82, 2.24) is 10.6 Å². The molecule has 0 radical (unpaired) electrons. The van der Waals surface area contributed by atoms with Crippen molar-refractivity contribution in [2.45, 2.75) is 38.8 Å². The summed E-state index contributed by atoms with van der Waals surface area (Å²) in [4.78, 5) is 14.4. The van der Waals surface area contributed by atoms with Crippen LogP contribution in [0.15, 0.2) is 47.1 Å². The van der Waals surface area contributed by atoms with Gasteiger partial charge in [-0.25, -0.2) is 4.79 Å². The van der Waals surface area contributed by atoms with Gasteiger partial charge in [0.05, 0.1) is 6.26 Å². The molecule has 5 nitrogen and oxygen atoms in total. The minimum absolute atomic E-state index is 0.0191. The zero-order valence-electron chi connectivity index (χ0n) is 14.5. The van der Waals surface area contributed by atoms with Gasteiger partial charge in [0.25, 0.3) is 0 Å². The number of hydrogen-bond acceptors (Lipinski definition) is 3. The predicted molar refractivity (Wildman–Crippen MR) is 95.2 cm³/mol. The van der Waals surface area contributed by atoms with Gasteiger partial charge in [0, 0.05) is 24.3 Å². The van der Waals surface area contributed by atoms with Crippen molar-refractivity contribution in [2.75, 3.05) is 18.0 Å². The molecule has 1 aromatic heterocycles. The van der Waals surface area contributed by atoms with E-state index < -0.39 is 0 Å². The number of hydrogen-bond donors (Lipinski definition) is 2. The van der Waals surface area contributed by atoms with Crippen LogP contribution >= 0.6 is 0 Å². The number of urea groups is 1. The largest absolute Gasteiger partial charge is 0.467 e. The van der Waals surface area contributed by atoms with E-state index in [9.17, 15) is 4.79 Å². The fourth-order valence-electron chi connectivity index (χ4n) is 3.11. The van der Waals surface area contributed by atoms with E-state index in [4.69, 9.17) is 4.42 Å². The van der Waals surface area contributed by atoms with Gasteiger partial charge in [0.2, 0.25) is 0 Å². The quantitative estimate of drug-likeness (QED) is 0.904. The lowest BCUT2D eigenvalue weighted by Crippen LogP contribution is -2.48. The van der Waals surface area contributed by atoms with E-state index in [-0.39, 0.29) is 17.6 Å². The maximum absolute atomic E-state index is 12.1. The van der Waals surface area contributed by atoms with E-state index in [2.05, 4.69) is 39.8 Å². The van der Waals surface area contributed by atoms with Gasteiger partial charge in [0.1, 0.15) is 11.8 Å². The average molecular weight is 327 g/mol. The fraction of sp³-hybridized carbons (Fsp3) is 0.421. The average Bonchev–Trinajstić information content (AvgIpc) is 3.16. The molecular formula is C19H25N3O2. The molecule has 0 spiro atoms. The first-order valence-electron chi connectivity index (χ1n) is 8.38. The Bertz CT molecular complexity index is 689. The fourth-order valence-corrected chi connectivity index (χ4v) is 3.11. The zero-order valence-corrected chi connectivity index (χ0v) is 14.5. The summed E-state index contributed by atoms with van der Waals surface area (Å²) in [6.45, 7) is 7.31. The van der Waals surface area contributed by atoms with E-state index in [1.807, 2.05) is 32.9 Å². The maximum atomic E-state index is 12.1. The monoisotopic (exact) mass is 327 g/mol. The number of benzene rings is 1. The predicted octanol–water partition coefficient (Wildman–Crippen LogP) is 3.48. The Morgan fingerprint density at radius 3 is 2.75 bits per heavy atom. The number of anilines is 1. The van der Waals surface area contributed by atoms with Crippen LogP contribution in [0, 0.1) is 0 Å². The van der Waals surface area contributed by atoms with Crippen LogP contribution in [0.1, 0.15) is 38.1 Å². The minimum atomic E-state index is -0.259. The van der Waals surface area contributed by atoms with Crippen molar-refractivity contribution in [3.05, 3.63) is 54.0 Å². The van der Waals surface area contributed by atoms with Crippen LogP contribution in [-0.2, 0) is 6.42 Å². The molecule has 128 valence electrons. The molecule has 24 heavy (non-hydrogen) atoms. The molecule has 2 amide bonds. The van der Waals surface area contributed by atoms with Crippen molar-refractivity contribution in [1.29, 1.82) is 0 Å². The van der Waals surface area contributed by atoms with Gasteiger partial charge in [0.15, 0.2) is 0 Å². The molecule has 0 fully saturated rings. The summed E-state index contributed by atoms with van der Waals surface area (Å²) in [5.41, 5.74) is 2.30. The minimum Gasteiger partial charge on any atom is -0.467 e. The maximum Gasteiger partial charge on any atom is 0.315 e. The molecule has 5 heteroatoms. The van der Waals surface area contributed by atoms with E-state index in [1.54, 1.807) is 6.26 Å². The van der Waals surface area contributed by atoms with Crippen LogP contribution in [0.25, 0.3) is 0 Å². The lowest BCUT2D eigenvalue weighted by atomic mass is 10.1. The van der Waals surface area contributed by atoms with Crippen molar-refractivity contribution in [2.24, 2.45) is 0 Å². The molecule has 1 aliphatic heterocycles. The molecule has 2 N–H and O–H groups in total. The third-order valence-electron chi connectivity index (χ3n) is 4.12. The summed E-state index contributed by atoms with van der Waals surface area (Å²) in [5, 5.41) is 5.91. The van der Waals surface area contributed by atoms with Gasteiger partial charge in [-0.1, -0.05) is 18.2 Å². The topological polar surface area (TPSA) is 57.5 Å². The van der Waals surface area contributed by atoms with Crippen LogP contribution in [0.4, 0.5) is 10.5 Å². The third kappa shape index (κ3) is 3.72. The van der Waals surface area contributed by atoms with Gasteiger partial charge >= 0.3 is 6.03 Å². The highest BCUT2D eigenvalue weighted by Crippen LogP contribution is 2.34. The Labute approximate surface area is 143 Å². The molecule has 1 atom stereocenters. The van der Waals surface area contributed by atoms with Gasteiger partial charge < -0.3 is 20.0 Å². The van der Waals surface area contributed by atoms with E-state index in [0.29, 0.717) is 6.54 Å². The molecule has 0 aliphatic carbocycles. The molecule has 1 aromatic carbocycles. The number of rotatable bonds is 4. The summed E-state index contributed by atoms with van der Waals surface area (Å²) in [5.74, 6) is 0.864. The number of fused-ring (bicyclic) bond motifs is 1. The molecule has 3 rings (SSSR count). The molecular weight excluding hydrogens is 302 g/mol. The molecule has 0 bridgehead atoms. The summed E-state index contributed by atoms with van der Waals surface area (Å²) in [6.07, 6.45) is 2.70. The van der Waals surface area contributed by atoms with Crippen molar-refractivity contribution >= 4 is 11.7 Å². The standard InChI is InChI=1S/C19H25N3O2/c1-19(2,3)21-18(23)20-13-16(17-9-6-12-24-17)22-11-10-14-7-4-5-8-15(14)22/h4-9,12,16H,10-11,13H2,1-3H3,(H2,20,21,23)/t16-/m1/s1. The number of nitrogens with one attached hydrogen (secondary N) is 2. The summed E-state index contributed by atoms with van der Waals surface area (Å²) in [6, 6.07) is 12.1. The lowest BCUT2D eigenvalue weighted by Gasteiger charge is -2.30. The molecule has 1 aliphatic rings. The van der Waals surface area contributed by atoms with Crippen molar-refractivity contribution in [3.8, 4) is 0 Å². The Balaban J connectivity index is 1.75. The van der Waals surface area contributed by atoms with Crippen LogP contribution < -0.4 is 15.5 Å². The molecule has 0 unspecified atom stereocenters. The SMILES string of the molecule is CC(C)(C)NC(=O)NC[C@H](c1ccco1)N1CCc2ccccc21. The Morgan fingerprint density at radius 1 is 1.25 bits per heavy atom. The molecule has 2 aromatic rings. The highest BCUT2D eigenvalue weighted by atomic mass is 16.3. The van der Waals surface area contributed by atoms with Gasteiger partial charge in [-0.2, -0.15) is 0 Å². The third-order valence-corrected chi connectivity index (χ3v) is 4.12. The number of nitrogens with zero attached hydrogens (tertiary/aromatic N) is 1. The van der Waals surface area contributed by atoms with E-state index >= 15 is 0 Å². The van der Waals surface area contributed by atoms with Crippen LogP contribution in [0.2, 0.25) is 0 Å². The molecule has 0 saturated carbocycles. The van der Waals surface area contributed by atoms with Crippen LogP contribution in [0.5, 0.6) is 0 Å². The summed E-state index contributed by atoms with van der Waals surface area (Å²) >= 11 is 0. The summed E-state index contributed by atoms with van der Waals surface area (Å²) < 4.78 is 5.64. The van der Waals surface area contributed by atoms with E-state index in [1.165, 1.54) is 11.3 Å².